The Kier molecular flexibility index (Phi) is 8.02. The van der Waals surface area contributed by atoms with E-state index in [4.69, 9.17) is 21.1 Å². The van der Waals surface area contributed by atoms with Crippen molar-refractivity contribution >= 4 is 17.6 Å². The molecule has 0 unspecified atom stereocenters. The fourth-order valence-corrected chi connectivity index (χ4v) is 4.76. The molecule has 172 valence electrons. The Morgan fingerprint density at radius 2 is 2.03 bits per heavy atom. The van der Waals surface area contributed by atoms with Gasteiger partial charge in [0.1, 0.15) is 5.75 Å². The first-order valence-electron chi connectivity index (χ1n) is 11.3. The van der Waals surface area contributed by atoms with Crippen LogP contribution in [0.3, 0.4) is 0 Å². The molecule has 1 saturated heterocycles. The second-order valence-electron chi connectivity index (χ2n) is 9.02. The molecular formula is C27H33ClO4. The van der Waals surface area contributed by atoms with E-state index in [1.54, 1.807) is 12.1 Å². The number of ether oxygens (including phenoxy) is 2. The van der Waals surface area contributed by atoms with Crippen molar-refractivity contribution in [2.45, 2.75) is 58.7 Å². The van der Waals surface area contributed by atoms with Crippen LogP contribution in [0.4, 0.5) is 0 Å². The van der Waals surface area contributed by atoms with Crippen molar-refractivity contribution in [1.82, 2.24) is 0 Å². The summed E-state index contributed by atoms with van der Waals surface area (Å²) in [6.07, 6.45) is 1.42. The fraction of sp³-hybridized carbons (Fsp3) is 0.444. The standard InChI is InChI=1S/C27H33ClO4/c1-6-12-31-24-14-19(27(29)30)10-11-21(24)26-22(16(2)3)15-23(25(32-26)17(4)5)18-8-7-9-20(28)13-18/h7-11,13-14,17,22-23,25-26H,2,6,12,15H2,1,3-5H3,(H,29,30)/t22-,23+,25+,26-/m1/s1. The molecule has 2 aromatic rings. The van der Waals surface area contributed by atoms with Crippen LogP contribution in [0, 0.1) is 11.8 Å². The van der Waals surface area contributed by atoms with Crippen LogP contribution < -0.4 is 4.74 Å². The zero-order valence-electron chi connectivity index (χ0n) is 19.3. The molecule has 2 aromatic carbocycles. The van der Waals surface area contributed by atoms with Gasteiger partial charge in [0.25, 0.3) is 0 Å². The molecular weight excluding hydrogens is 424 g/mol. The number of hydrogen-bond donors (Lipinski definition) is 1. The van der Waals surface area contributed by atoms with Crippen molar-refractivity contribution in [2.24, 2.45) is 11.8 Å². The summed E-state index contributed by atoms with van der Waals surface area (Å²) < 4.78 is 12.8. The Labute approximate surface area is 196 Å². The molecule has 0 spiro atoms. The average Bonchev–Trinajstić information content (AvgIpc) is 2.76. The van der Waals surface area contributed by atoms with Crippen LogP contribution in [0.15, 0.2) is 54.6 Å². The van der Waals surface area contributed by atoms with Crippen LogP contribution in [-0.2, 0) is 4.74 Å². The maximum atomic E-state index is 11.5. The summed E-state index contributed by atoms with van der Waals surface area (Å²) in [7, 11) is 0. The van der Waals surface area contributed by atoms with Gasteiger partial charge in [-0.2, -0.15) is 0 Å². The summed E-state index contributed by atoms with van der Waals surface area (Å²) in [4.78, 5) is 11.5. The minimum absolute atomic E-state index is 0.0211. The smallest absolute Gasteiger partial charge is 0.335 e. The van der Waals surface area contributed by atoms with E-state index in [1.807, 2.05) is 38.1 Å². The number of aromatic carboxylic acids is 1. The number of carboxylic acid groups (broad SMARTS) is 1. The van der Waals surface area contributed by atoms with E-state index < -0.39 is 5.97 Å². The largest absolute Gasteiger partial charge is 0.493 e. The normalized spacial score (nSPS) is 23.2. The van der Waals surface area contributed by atoms with Crippen molar-refractivity contribution in [1.29, 1.82) is 0 Å². The lowest BCUT2D eigenvalue weighted by molar-refractivity contribution is -0.109. The second-order valence-corrected chi connectivity index (χ2v) is 9.46. The van der Waals surface area contributed by atoms with Crippen LogP contribution >= 0.6 is 11.6 Å². The van der Waals surface area contributed by atoms with Crippen molar-refractivity contribution in [3.8, 4) is 5.75 Å². The zero-order valence-corrected chi connectivity index (χ0v) is 20.1. The molecule has 5 heteroatoms. The third-order valence-corrected chi connectivity index (χ3v) is 6.40. The second kappa shape index (κ2) is 10.5. The maximum absolute atomic E-state index is 11.5. The summed E-state index contributed by atoms with van der Waals surface area (Å²) >= 11 is 6.30. The Hall–Kier alpha value is -2.30. The summed E-state index contributed by atoms with van der Waals surface area (Å²) in [5.74, 6) is 0.135. The Balaban J connectivity index is 2.04. The van der Waals surface area contributed by atoms with Crippen LogP contribution in [0.5, 0.6) is 5.75 Å². The first-order valence-corrected chi connectivity index (χ1v) is 11.7. The van der Waals surface area contributed by atoms with E-state index in [0.717, 1.165) is 29.0 Å². The predicted octanol–water partition coefficient (Wildman–Crippen LogP) is 7.29. The van der Waals surface area contributed by atoms with E-state index in [2.05, 4.69) is 26.5 Å². The molecule has 0 radical (unpaired) electrons. The molecule has 32 heavy (non-hydrogen) atoms. The van der Waals surface area contributed by atoms with Gasteiger partial charge in [0.05, 0.1) is 24.4 Å². The molecule has 0 amide bonds. The van der Waals surface area contributed by atoms with E-state index in [9.17, 15) is 9.90 Å². The Morgan fingerprint density at radius 1 is 1.28 bits per heavy atom. The van der Waals surface area contributed by atoms with Crippen molar-refractivity contribution in [2.75, 3.05) is 6.61 Å². The molecule has 0 saturated carbocycles. The average molecular weight is 457 g/mol. The van der Waals surface area contributed by atoms with Crippen molar-refractivity contribution in [3.05, 3.63) is 76.3 Å². The van der Waals surface area contributed by atoms with Gasteiger partial charge in [-0.1, -0.05) is 62.7 Å². The molecule has 1 fully saturated rings. The van der Waals surface area contributed by atoms with Crippen LogP contribution in [0.1, 0.15) is 74.0 Å². The molecule has 3 rings (SSSR count). The van der Waals surface area contributed by atoms with Gasteiger partial charge >= 0.3 is 5.97 Å². The Morgan fingerprint density at radius 3 is 2.62 bits per heavy atom. The highest BCUT2D eigenvalue weighted by atomic mass is 35.5. The minimum Gasteiger partial charge on any atom is -0.493 e. The van der Waals surface area contributed by atoms with Crippen molar-refractivity contribution < 1.29 is 19.4 Å². The highest BCUT2D eigenvalue weighted by Gasteiger charge is 2.42. The van der Waals surface area contributed by atoms with Gasteiger partial charge in [-0.25, -0.2) is 4.79 Å². The number of hydrogen-bond acceptors (Lipinski definition) is 3. The SMILES string of the molecule is C=C(C)[C@H]1C[C@@H](c2cccc(Cl)c2)[C@H](C(C)C)O[C@@H]1c1ccc(C(=O)O)cc1OCCC. The predicted molar refractivity (Wildman–Crippen MR) is 129 cm³/mol. The molecule has 0 bridgehead atoms. The molecule has 1 aliphatic heterocycles. The van der Waals surface area contributed by atoms with Gasteiger partial charge in [-0.15, -0.1) is 0 Å². The molecule has 4 atom stereocenters. The number of halogens is 1. The summed E-state index contributed by atoms with van der Waals surface area (Å²) in [5, 5.41) is 10.2. The molecule has 1 heterocycles. The van der Waals surface area contributed by atoms with E-state index in [0.29, 0.717) is 12.4 Å². The highest BCUT2D eigenvalue weighted by Crippen LogP contribution is 2.49. The lowest BCUT2D eigenvalue weighted by atomic mass is 9.73. The monoisotopic (exact) mass is 456 g/mol. The number of carboxylic acids is 1. The maximum Gasteiger partial charge on any atom is 0.335 e. The van der Waals surface area contributed by atoms with Crippen LogP contribution in [-0.4, -0.2) is 23.8 Å². The molecule has 1 N–H and O–H groups in total. The van der Waals surface area contributed by atoms with Gasteiger partial charge in [-0.3, -0.25) is 0 Å². The molecule has 0 aliphatic carbocycles. The Bertz CT molecular complexity index is 968. The van der Waals surface area contributed by atoms with Gasteiger partial charge < -0.3 is 14.6 Å². The van der Waals surface area contributed by atoms with Gasteiger partial charge in [-0.05, 0) is 55.5 Å². The zero-order chi connectivity index (χ0) is 23.4. The van der Waals surface area contributed by atoms with Gasteiger partial charge in [0.2, 0.25) is 0 Å². The third kappa shape index (κ3) is 5.36. The minimum atomic E-state index is -0.972. The van der Waals surface area contributed by atoms with E-state index >= 15 is 0 Å². The lowest BCUT2D eigenvalue weighted by Gasteiger charge is -2.44. The molecule has 4 nitrogen and oxygen atoms in total. The van der Waals surface area contributed by atoms with Gasteiger partial charge in [0.15, 0.2) is 0 Å². The first kappa shape index (κ1) is 24.3. The summed E-state index contributed by atoms with van der Waals surface area (Å²) in [5.41, 5.74) is 3.30. The lowest BCUT2D eigenvalue weighted by Crippen LogP contribution is -2.39. The summed E-state index contributed by atoms with van der Waals surface area (Å²) in [6, 6.07) is 13.1. The molecule has 1 aliphatic rings. The van der Waals surface area contributed by atoms with Crippen LogP contribution in [0.2, 0.25) is 5.02 Å². The number of benzene rings is 2. The quantitative estimate of drug-likeness (QED) is 0.423. The van der Waals surface area contributed by atoms with E-state index in [-0.39, 0.29) is 35.5 Å². The highest BCUT2D eigenvalue weighted by molar-refractivity contribution is 6.30. The van der Waals surface area contributed by atoms with Crippen LogP contribution in [0.25, 0.3) is 0 Å². The topological polar surface area (TPSA) is 55.8 Å². The third-order valence-electron chi connectivity index (χ3n) is 6.17. The fourth-order valence-electron chi connectivity index (χ4n) is 4.56. The van der Waals surface area contributed by atoms with Crippen molar-refractivity contribution in [3.63, 3.8) is 0 Å². The number of rotatable bonds is 8. The van der Waals surface area contributed by atoms with E-state index in [1.165, 1.54) is 5.56 Å². The first-order chi connectivity index (χ1) is 15.2. The van der Waals surface area contributed by atoms with Gasteiger partial charge in [0, 0.05) is 22.4 Å². The number of carbonyl (C=O) groups is 1. The molecule has 0 aromatic heterocycles. The summed E-state index contributed by atoms with van der Waals surface area (Å²) in [6.45, 7) is 13.2.